The molecule has 2 aromatic heterocycles. The van der Waals surface area contributed by atoms with Crippen molar-refractivity contribution in [2.45, 2.75) is 52.0 Å². The van der Waals surface area contributed by atoms with E-state index >= 15 is 0 Å². The van der Waals surface area contributed by atoms with Crippen LogP contribution < -0.4 is 15.0 Å². The van der Waals surface area contributed by atoms with Crippen LogP contribution >= 0.6 is 11.3 Å². The Morgan fingerprint density at radius 2 is 1.78 bits per heavy atom. The lowest BCUT2D eigenvalue weighted by atomic mass is 9.90. The molecular weight excluding hydrogens is 596 g/mol. The number of thiazole rings is 1. The quantitative estimate of drug-likeness (QED) is 0.178. The Balaban J connectivity index is 1.13. The van der Waals surface area contributed by atoms with Crippen LogP contribution in [0.3, 0.4) is 0 Å². The third-order valence-corrected chi connectivity index (χ3v) is 10.2. The van der Waals surface area contributed by atoms with Crippen molar-refractivity contribution >= 4 is 44.4 Å². The van der Waals surface area contributed by atoms with E-state index in [1.165, 1.54) is 43.4 Å². The third-order valence-electron chi connectivity index (χ3n) is 9.21. The van der Waals surface area contributed by atoms with Gasteiger partial charge in [0, 0.05) is 24.2 Å². The summed E-state index contributed by atoms with van der Waals surface area (Å²) in [7, 11) is 0. The van der Waals surface area contributed by atoms with Crippen LogP contribution in [0.5, 0.6) is 5.75 Å². The zero-order chi connectivity index (χ0) is 31.6. The monoisotopic (exact) mass is 632 g/mol. The highest BCUT2D eigenvalue weighted by atomic mass is 32.1. The summed E-state index contributed by atoms with van der Waals surface area (Å²) in [5.74, 6) is 0.621. The largest absolute Gasteiger partial charge is 0.493 e. The summed E-state index contributed by atoms with van der Waals surface area (Å²) in [6.45, 7) is 3.76. The van der Waals surface area contributed by atoms with Crippen molar-refractivity contribution < 1.29 is 19.4 Å². The van der Waals surface area contributed by atoms with E-state index in [2.05, 4.69) is 15.3 Å². The number of nitrogens with zero attached hydrogens (tertiary/aromatic N) is 3. The molecule has 2 N–H and O–H groups in total. The molecule has 0 unspecified atom stereocenters. The first kappa shape index (κ1) is 29.9. The molecule has 0 saturated heterocycles. The van der Waals surface area contributed by atoms with Gasteiger partial charge in [-0.2, -0.15) is 0 Å². The summed E-state index contributed by atoms with van der Waals surface area (Å²) in [6.07, 6.45) is 6.93. The van der Waals surface area contributed by atoms with E-state index in [1.807, 2.05) is 84.6 Å². The number of carboxylic acids is 1. The van der Waals surface area contributed by atoms with Gasteiger partial charge < -0.3 is 14.7 Å². The average Bonchev–Trinajstić information content (AvgIpc) is 3.50. The normalized spacial score (nSPS) is 15.0. The van der Waals surface area contributed by atoms with Crippen molar-refractivity contribution in [3.05, 3.63) is 101 Å². The summed E-state index contributed by atoms with van der Waals surface area (Å²) in [5.41, 5.74) is 5.71. The van der Waals surface area contributed by atoms with Gasteiger partial charge in [0.1, 0.15) is 11.6 Å². The minimum absolute atomic E-state index is 0.00214. The van der Waals surface area contributed by atoms with Crippen LogP contribution in [0, 0.1) is 12.8 Å². The fourth-order valence-corrected chi connectivity index (χ4v) is 7.57. The molecule has 1 aliphatic heterocycles. The molecule has 0 atom stereocenters. The fourth-order valence-electron chi connectivity index (χ4n) is 6.71. The first-order chi connectivity index (χ1) is 22.4. The topological polar surface area (TPSA) is 105 Å². The molecule has 8 nitrogen and oxygen atoms in total. The van der Waals surface area contributed by atoms with Crippen LogP contribution in [0.1, 0.15) is 69.6 Å². The molecule has 1 fully saturated rings. The summed E-state index contributed by atoms with van der Waals surface area (Å²) in [6, 6.07) is 23.1. The Kier molecular flexibility index (Phi) is 8.41. The summed E-state index contributed by atoms with van der Waals surface area (Å²) in [4.78, 5) is 37.3. The number of benzene rings is 3. The molecule has 0 spiro atoms. The Bertz CT molecular complexity index is 1900. The van der Waals surface area contributed by atoms with E-state index < -0.39 is 5.97 Å². The standard InChI is InChI=1S/C37H36N4O4S/c1-23-26(12-8-15-31(23)45-22-24-9-3-2-4-10-24)27-17-18-33(39-34(27)36(43)44)41-20-19-25-11-7-13-28(29(25)21-41)35(42)40-37-38-30-14-5-6-16-32(30)46-37/h5-8,11-18,24H,2-4,9-10,19-22H2,1H3,(H,43,44)(H,38,40,42). The molecule has 9 heteroatoms. The number of carbonyl (C=O) groups is 2. The van der Waals surface area contributed by atoms with E-state index in [9.17, 15) is 14.7 Å². The number of aromatic nitrogens is 2. The number of ether oxygens (including phenoxy) is 1. The lowest BCUT2D eigenvalue weighted by Crippen LogP contribution is -2.33. The van der Waals surface area contributed by atoms with Gasteiger partial charge in [0.05, 0.1) is 16.8 Å². The Hall–Kier alpha value is -4.76. The summed E-state index contributed by atoms with van der Waals surface area (Å²) < 4.78 is 7.27. The number of pyridine rings is 1. The molecule has 7 rings (SSSR count). The number of fused-ring (bicyclic) bond motifs is 2. The first-order valence-corrected chi connectivity index (χ1v) is 16.8. The maximum Gasteiger partial charge on any atom is 0.355 e. The molecule has 1 aliphatic carbocycles. The van der Waals surface area contributed by atoms with Crippen molar-refractivity contribution in [1.82, 2.24) is 9.97 Å². The summed E-state index contributed by atoms with van der Waals surface area (Å²) in [5, 5.41) is 13.8. The molecule has 234 valence electrons. The molecule has 1 saturated carbocycles. The molecular formula is C37H36N4O4S. The molecule has 1 amide bonds. The van der Waals surface area contributed by atoms with Gasteiger partial charge >= 0.3 is 5.97 Å². The molecule has 5 aromatic rings. The smallest absolute Gasteiger partial charge is 0.355 e. The van der Waals surface area contributed by atoms with E-state index in [1.54, 1.807) is 0 Å². The number of nitrogens with one attached hydrogen (secondary N) is 1. The van der Waals surface area contributed by atoms with Gasteiger partial charge in [-0.05, 0) is 90.8 Å². The number of anilines is 2. The second-order valence-corrected chi connectivity index (χ2v) is 13.2. The van der Waals surface area contributed by atoms with Crippen LogP contribution in [0.15, 0.2) is 72.8 Å². The van der Waals surface area contributed by atoms with E-state index in [0.717, 1.165) is 38.2 Å². The number of amides is 1. The molecule has 0 bridgehead atoms. The number of hydrogen-bond donors (Lipinski definition) is 2. The Morgan fingerprint density at radius 3 is 2.61 bits per heavy atom. The van der Waals surface area contributed by atoms with Gasteiger partial charge in [-0.25, -0.2) is 14.8 Å². The van der Waals surface area contributed by atoms with Crippen LogP contribution in [0.25, 0.3) is 21.3 Å². The van der Waals surface area contributed by atoms with Gasteiger partial charge in [0.2, 0.25) is 0 Å². The third kappa shape index (κ3) is 6.07. The van der Waals surface area contributed by atoms with Crippen LogP contribution in [-0.4, -0.2) is 40.1 Å². The molecule has 2 aliphatic rings. The fraction of sp³-hybridized carbons (Fsp3) is 0.297. The Labute approximate surface area is 272 Å². The number of carboxylic acid groups (broad SMARTS) is 1. The second kappa shape index (κ2) is 12.9. The van der Waals surface area contributed by atoms with E-state index in [0.29, 0.717) is 54.1 Å². The van der Waals surface area contributed by atoms with Crippen molar-refractivity contribution in [2.75, 3.05) is 23.4 Å². The van der Waals surface area contributed by atoms with Crippen LogP contribution in [-0.2, 0) is 13.0 Å². The molecule has 3 aromatic carbocycles. The van der Waals surface area contributed by atoms with Crippen molar-refractivity contribution in [3.63, 3.8) is 0 Å². The number of aromatic carboxylic acids is 1. The maximum absolute atomic E-state index is 13.5. The van der Waals surface area contributed by atoms with Gasteiger partial charge in [0.25, 0.3) is 5.91 Å². The zero-order valence-corrected chi connectivity index (χ0v) is 26.6. The predicted octanol–water partition coefficient (Wildman–Crippen LogP) is 8.14. The highest BCUT2D eigenvalue weighted by molar-refractivity contribution is 7.22. The molecule has 0 radical (unpaired) electrons. The van der Waals surface area contributed by atoms with E-state index in [4.69, 9.17) is 4.74 Å². The minimum atomic E-state index is -1.09. The number of hydrogen-bond acceptors (Lipinski definition) is 7. The van der Waals surface area contributed by atoms with Gasteiger partial charge in [-0.3, -0.25) is 10.1 Å². The maximum atomic E-state index is 13.5. The van der Waals surface area contributed by atoms with Crippen LogP contribution in [0.2, 0.25) is 0 Å². The van der Waals surface area contributed by atoms with Gasteiger partial charge in [-0.15, -0.1) is 0 Å². The zero-order valence-electron chi connectivity index (χ0n) is 25.8. The summed E-state index contributed by atoms with van der Waals surface area (Å²) >= 11 is 1.44. The van der Waals surface area contributed by atoms with E-state index in [-0.39, 0.29) is 11.6 Å². The number of rotatable bonds is 8. The second-order valence-electron chi connectivity index (χ2n) is 12.2. The highest BCUT2D eigenvalue weighted by Crippen LogP contribution is 2.35. The van der Waals surface area contributed by atoms with Gasteiger partial charge in [0.15, 0.2) is 10.8 Å². The minimum Gasteiger partial charge on any atom is -0.493 e. The number of carbonyl (C=O) groups excluding carboxylic acids is 1. The van der Waals surface area contributed by atoms with Crippen molar-refractivity contribution in [3.8, 4) is 16.9 Å². The van der Waals surface area contributed by atoms with Crippen molar-refractivity contribution in [1.29, 1.82) is 0 Å². The lowest BCUT2D eigenvalue weighted by Gasteiger charge is -2.31. The molecule has 46 heavy (non-hydrogen) atoms. The lowest BCUT2D eigenvalue weighted by molar-refractivity contribution is 0.0691. The first-order valence-electron chi connectivity index (χ1n) is 15.9. The number of para-hydroxylation sites is 1. The Morgan fingerprint density at radius 1 is 0.957 bits per heavy atom. The van der Waals surface area contributed by atoms with Crippen LogP contribution in [0.4, 0.5) is 10.9 Å². The SMILES string of the molecule is Cc1c(OCC2CCCCC2)cccc1-c1ccc(N2CCc3cccc(C(=O)Nc4nc5ccccc5s4)c3C2)nc1C(=O)O. The van der Waals surface area contributed by atoms with Gasteiger partial charge in [-0.1, -0.05) is 67.0 Å². The average molecular weight is 633 g/mol. The highest BCUT2D eigenvalue weighted by Gasteiger charge is 2.26. The molecule has 3 heterocycles. The predicted molar refractivity (Wildman–Crippen MR) is 182 cm³/mol. The van der Waals surface area contributed by atoms with Crippen molar-refractivity contribution in [2.24, 2.45) is 5.92 Å².